The zero-order chi connectivity index (χ0) is 18.3. The monoisotopic (exact) mass is 355 g/mol. The van der Waals surface area contributed by atoms with Crippen LogP contribution in [0.5, 0.6) is 0 Å². The largest absolute Gasteiger partial charge is 0.384 e. The number of benzene rings is 1. The summed E-state index contributed by atoms with van der Waals surface area (Å²) in [6.45, 7) is 8.92. The fourth-order valence-electron chi connectivity index (χ4n) is 2.94. The van der Waals surface area contributed by atoms with Gasteiger partial charge in [-0.2, -0.15) is 0 Å². The number of hydrogen-bond acceptors (Lipinski definition) is 3. The van der Waals surface area contributed by atoms with Gasteiger partial charge in [-0.15, -0.1) is 11.6 Å². The standard InChI is InChI=1S/C19H30ClNO3/c1-7-16-10-8-9-13(2)18(16)21(15(4)12-24-6)19(22)17(20)14(3)11-23-5/h8-10,14-15,17H,7,11-12H2,1-6H3. The summed E-state index contributed by atoms with van der Waals surface area (Å²) in [5.41, 5.74) is 3.15. The van der Waals surface area contributed by atoms with Crippen molar-refractivity contribution in [2.24, 2.45) is 5.92 Å². The van der Waals surface area contributed by atoms with E-state index in [1.807, 2.05) is 37.8 Å². The maximum absolute atomic E-state index is 13.2. The molecule has 0 bridgehead atoms. The van der Waals surface area contributed by atoms with E-state index in [1.165, 1.54) is 0 Å². The Labute approximate surface area is 151 Å². The normalized spacial score (nSPS) is 15.0. The third-order valence-electron chi connectivity index (χ3n) is 4.19. The second-order valence-electron chi connectivity index (χ2n) is 6.28. The topological polar surface area (TPSA) is 38.8 Å². The van der Waals surface area contributed by atoms with Crippen molar-refractivity contribution < 1.29 is 14.3 Å². The molecule has 5 heteroatoms. The number of amides is 1. The highest BCUT2D eigenvalue weighted by Gasteiger charge is 2.32. The average Bonchev–Trinajstić information content (AvgIpc) is 2.56. The smallest absolute Gasteiger partial charge is 0.245 e. The molecule has 0 fully saturated rings. The van der Waals surface area contributed by atoms with Gasteiger partial charge in [-0.05, 0) is 31.4 Å². The van der Waals surface area contributed by atoms with Crippen LogP contribution in [0.25, 0.3) is 0 Å². The zero-order valence-corrected chi connectivity index (χ0v) is 16.4. The molecular weight excluding hydrogens is 326 g/mol. The summed E-state index contributed by atoms with van der Waals surface area (Å²) >= 11 is 6.49. The molecule has 0 radical (unpaired) electrons. The van der Waals surface area contributed by atoms with Crippen LogP contribution >= 0.6 is 11.6 Å². The van der Waals surface area contributed by atoms with Crippen LogP contribution < -0.4 is 4.90 Å². The van der Waals surface area contributed by atoms with E-state index >= 15 is 0 Å². The summed E-state index contributed by atoms with van der Waals surface area (Å²) in [5.74, 6) is -0.176. The first-order chi connectivity index (χ1) is 11.4. The van der Waals surface area contributed by atoms with Gasteiger partial charge in [0.2, 0.25) is 5.91 Å². The van der Waals surface area contributed by atoms with Crippen molar-refractivity contribution in [2.45, 2.75) is 45.5 Å². The van der Waals surface area contributed by atoms with Gasteiger partial charge >= 0.3 is 0 Å². The van der Waals surface area contributed by atoms with Gasteiger partial charge in [0.05, 0.1) is 24.9 Å². The number of halogens is 1. The Morgan fingerprint density at radius 3 is 2.38 bits per heavy atom. The van der Waals surface area contributed by atoms with E-state index in [0.29, 0.717) is 13.2 Å². The van der Waals surface area contributed by atoms with Gasteiger partial charge in [0, 0.05) is 20.1 Å². The van der Waals surface area contributed by atoms with E-state index in [4.69, 9.17) is 21.1 Å². The fourth-order valence-corrected chi connectivity index (χ4v) is 3.11. The number of hydrogen-bond donors (Lipinski definition) is 0. The van der Waals surface area contributed by atoms with E-state index in [2.05, 4.69) is 13.0 Å². The molecule has 3 unspecified atom stereocenters. The summed E-state index contributed by atoms with van der Waals surface area (Å²) in [4.78, 5) is 15.0. The van der Waals surface area contributed by atoms with Crippen molar-refractivity contribution in [1.82, 2.24) is 0 Å². The van der Waals surface area contributed by atoms with Gasteiger partial charge in [0.15, 0.2) is 0 Å². The second-order valence-corrected chi connectivity index (χ2v) is 6.75. The van der Waals surface area contributed by atoms with Gasteiger partial charge in [0.1, 0.15) is 5.38 Å². The van der Waals surface area contributed by atoms with Crippen molar-refractivity contribution >= 4 is 23.2 Å². The summed E-state index contributed by atoms with van der Waals surface area (Å²) < 4.78 is 10.5. The van der Waals surface area contributed by atoms with Gasteiger partial charge in [-0.1, -0.05) is 32.0 Å². The SMILES string of the molecule is CCc1cccc(C)c1N(C(=O)C(Cl)C(C)COC)C(C)COC. The van der Waals surface area contributed by atoms with Crippen LogP contribution in [0.15, 0.2) is 18.2 Å². The van der Waals surface area contributed by atoms with E-state index < -0.39 is 5.38 Å². The third-order valence-corrected chi connectivity index (χ3v) is 4.81. The Balaban J connectivity index is 3.30. The Morgan fingerprint density at radius 2 is 1.83 bits per heavy atom. The van der Waals surface area contributed by atoms with Crippen LogP contribution in [0, 0.1) is 12.8 Å². The Kier molecular flexibility index (Phi) is 8.74. The highest BCUT2D eigenvalue weighted by Crippen LogP contribution is 2.30. The first-order valence-electron chi connectivity index (χ1n) is 8.42. The summed E-state index contributed by atoms with van der Waals surface area (Å²) in [7, 11) is 3.26. The Morgan fingerprint density at radius 1 is 1.21 bits per heavy atom. The van der Waals surface area contributed by atoms with Crippen molar-refractivity contribution in [3.8, 4) is 0 Å². The molecule has 0 aliphatic rings. The first-order valence-corrected chi connectivity index (χ1v) is 8.86. The van der Waals surface area contributed by atoms with Crippen molar-refractivity contribution in [2.75, 3.05) is 32.3 Å². The zero-order valence-electron chi connectivity index (χ0n) is 15.6. The quantitative estimate of drug-likeness (QED) is 0.632. The fraction of sp³-hybridized carbons (Fsp3) is 0.632. The number of carbonyl (C=O) groups excluding carboxylic acids is 1. The van der Waals surface area contributed by atoms with E-state index in [9.17, 15) is 4.79 Å². The van der Waals surface area contributed by atoms with Crippen molar-refractivity contribution in [3.05, 3.63) is 29.3 Å². The molecule has 0 spiro atoms. The predicted octanol–water partition coefficient (Wildman–Crippen LogP) is 3.82. The van der Waals surface area contributed by atoms with Gasteiger partial charge in [0.25, 0.3) is 0 Å². The minimum absolute atomic E-state index is 0.0736. The molecule has 0 aliphatic carbocycles. The predicted molar refractivity (Wildman–Crippen MR) is 100 cm³/mol. The summed E-state index contributed by atoms with van der Waals surface area (Å²) in [6.07, 6.45) is 0.848. The molecule has 24 heavy (non-hydrogen) atoms. The molecule has 0 saturated heterocycles. The molecule has 4 nitrogen and oxygen atoms in total. The van der Waals surface area contributed by atoms with Crippen molar-refractivity contribution in [3.63, 3.8) is 0 Å². The number of nitrogens with zero attached hydrogens (tertiary/aromatic N) is 1. The molecule has 0 saturated carbocycles. The van der Waals surface area contributed by atoms with Gasteiger partial charge < -0.3 is 14.4 Å². The molecule has 1 aromatic rings. The number of carbonyl (C=O) groups is 1. The van der Waals surface area contributed by atoms with Gasteiger partial charge in [-0.25, -0.2) is 0 Å². The molecule has 3 atom stereocenters. The van der Waals surface area contributed by atoms with E-state index in [-0.39, 0.29) is 17.9 Å². The Hall–Kier alpha value is -1.10. The van der Waals surface area contributed by atoms with E-state index in [0.717, 1.165) is 23.2 Å². The van der Waals surface area contributed by atoms with Crippen LogP contribution in [-0.2, 0) is 20.7 Å². The number of aryl methyl sites for hydroxylation is 2. The first kappa shape index (κ1) is 20.9. The minimum atomic E-state index is -0.645. The molecule has 1 rings (SSSR count). The lowest BCUT2D eigenvalue weighted by atomic mass is 10.0. The number of methoxy groups -OCH3 is 2. The molecule has 0 aromatic heterocycles. The van der Waals surface area contributed by atoms with Gasteiger partial charge in [-0.3, -0.25) is 4.79 Å². The van der Waals surface area contributed by atoms with E-state index in [1.54, 1.807) is 14.2 Å². The molecular formula is C19H30ClNO3. The third kappa shape index (κ3) is 4.95. The van der Waals surface area contributed by atoms with Crippen LogP contribution in [0.3, 0.4) is 0 Å². The highest BCUT2D eigenvalue weighted by atomic mass is 35.5. The average molecular weight is 356 g/mol. The second kappa shape index (κ2) is 10.0. The number of ether oxygens (including phenoxy) is 2. The number of alkyl halides is 1. The van der Waals surface area contributed by atoms with Crippen LogP contribution in [-0.4, -0.2) is 44.8 Å². The molecule has 1 aromatic carbocycles. The van der Waals surface area contributed by atoms with Crippen molar-refractivity contribution in [1.29, 1.82) is 0 Å². The lowest BCUT2D eigenvalue weighted by Crippen LogP contribution is -2.47. The number of para-hydroxylation sites is 1. The molecule has 136 valence electrons. The van der Waals surface area contributed by atoms with Crippen LogP contribution in [0.4, 0.5) is 5.69 Å². The number of rotatable bonds is 9. The minimum Gasteiger partial charge on any atom is -0.384 e. The van der Waals surface area contributed by atoms with Crippen LogP contribution in [0.1, 0.15) is 31.9 Å². The molecule has 1 amide bonds. The van der Waals surface area contributed by atoms with Crippen LogP contribution in [0.2, 0.25) is 0 Å². The number of anilines is 1. The molecule has 0 N–H and O–H groups in total. The lowest BCUT2D eigenvalue weighted by Gasteiger charge is -2.34. The summed E-state index contributed by atoms with van der Waals surface area (Å²) in [6, 6.07) is 6.00. The maximum Gasteiger partial charge on any atom is 0.245 e. The molecule has 0 aliphatic heterocycles. The maximum atomic E-state index is 13.2. The summed E-state index contributed by atoms with van der Waals surface area (Å²) in [5, 5.41) is -0.645. The Bertz CT molecular complexity index is 535. The molecule has 0 heterocycles. The lowest BCUT2D eigenvalue weighted by molar-refractivity contribution is -0.120. The highest BCUT2D eigenvalue weighted by molar-refractivity contribution is 6.33.